The Morgan fingerprint density at radius 3 is 1.24 bits per heavy atom. The Kier molecular flexibility index (Phi) is 5.51. The monoisotopic (exact) mass is 541 g/mol. The number of fused-ring (bicyclic) bond motifs is 5. The molecule has 2 aliphatic carbocycles. The van der Waals surface area contributed by atoms with Gasteiger partial charge in [0.25, 0.3) is 0 Å². The molecule has 6 heteroatoms. The highest BCUT2D eigenvalue weighted by molar-refractivity contribution is 6.35. The topological polar surface area (TPSA) is 81.7 Å². The van der Waals surface area contributed by atoms with Crippen molar-refractivity contribution in [2.75, 3.05) is 14.2 Å². The summed E-state index contributed by atoms with van der Waals surface area (Å²) in [5.74, 6) is -1.48. The lowest BCUT2D eigenvalue weighted by atomic mass is 9.59. The van der Waals surface area contributed by atoms with E-state index in [1.54, 1.807) is 14.2 Å². The van der Waals surface area contributed by atoms with Crippen LogP contribution in [0.2, 0.25) is 0 Å². The summed E-state index contributed by atoms with van der Waals surface area (Å²) in [5, 5.41) is 2.61. The first-order valence-electron chi connectivity index (χ1n) is 13.5. The molecule has 1 saturated heterocycles. The molecule has 2 bridgehead atoms. The fraction of sp³-hybridized carbons (Fsp3) is 0.171. The minimum Gasteiger partial charge on any atom is -0.497 e. The number of ether oxygens (including phenoxy) is 2. The Balaban J connectivity index is 1.69. The Morgan fingerprint density at radius 2 is 0.902 bits per heavy atom. The van der Waals surface area contributed by atoms with Crippen LogP contribution in [-0.4, -0.2) is 31.8 Å². The number of carbonyl (C=O) groups excluding carboxylic acids is 3. The molecule has 4 aromatic carbocycles. The Bertz CT molecular complexity index is 1600. The van der Waals surface area contributed by atoms with Crippen molar-refractivity contribution in [1.29, 1.82) is 0 Å². The zero-order valence-electron chi connectivity index (χ0n) is 22.6. The highest BCUT2D eigenvalue weighted by Gasteiger charge is 2.81. The molecule has 4 atom stereocenters. The van der Waals surface area contributed by atoms with Gasteiger partial charge in [0.1, 0.15) is 11.5 Å². The summed E-state index contributed by atoms with van der Waals surface area (Å²) in [6, 6.07) is 34.0. The van der Waals surface area contributed by atoms with Gasteiger partial charge in [-0.1, -0.05) is 84.9 Å². The third kappa shape index (κ3) is 3.10. The standard InChI is InChI=1S/C35H27NO5/c1-40-25-17-13-21(14-18-25)27-28(22-15-19-26(41-2)20-16-22)35(24-11-7-4-8-12-24)30-29(31(37)36-32(30)38)34(27,33(35)39)23-9-5-3-6-10-23/h3-20,29-30H,1-2H3,(H,36,37,38)/t29-,30-,34+,35+/m1/s1. The normalized spacial score (nSPS) is 26.2. The third-order valence-electron chi connectivity index (χ3n) is 9.05. The Morgan fingerprint density at radius 1 is 0.537 bits per heavy atom. The number of rotatable bonds is 6. The van der Waals surface area contributed by atoms with E-state index in [4.69, 9.17) is 9.47 Å². The third-order valence-corrected chi connectivity index (χ3v) is 9.05. The molecule has 1 N–H and O–H groups in total. The SMILES string of the molecule is COc1ccc(C2=C(c3ccc(OC)cc3)[C@]3(c4ccccc4)C(=O)[C@]2(c2ccccc2)[C@H]2C(=O)NC(=O)[C@@H]23)cc1. The molecule has 0 spiro atoms. The number of allylic oxidation sites excluding steroid dienone is 2. The Labute approximate surface area is 237 Å². The van der Waals surface area contributed by atoms with Crippen LogP contribution in [0.5, 0.6) is 11.5 Å². The maximum Gasteiger partial charge on any atom is 0.232 e. The van der Waals surface area contributed by atoms with Crippen molar-refractivity contribution < 1.29 is 23.9 Å². The maximum atomic E-state index is 15.5. The number of ketones is 1. The number of benzene rings is 4. The van der Waals surface area contributed by atoms with Crippen LogP contribution in [0.1, 0.15) is 22.3 Å². The zero-order valence-corrected chi connectivity index (χ0v) is 22.6. The largest absolute Gasteiger partial charge is 0.497 e. The second-order valence-electron chi connectivity index (χ2n) is 10.7. The molecule has 41 heavy (non-hydrogen) atoms. The average Bonchev–Trinajstić information content (AvgIpc) is 3.56. The van der Waals surface area contributed by atoms with Crippen LogP contribution >= 0.6 is 0 Å². The molecule has 0 unspecified atom stereocenters. The van der Waals surface area contributed by atoms with E-state index in [1.165, 1.54) is 0 Å². The van der Waals surface area contributed by atoms with Gasteiger partial charge in [-0.25, -0.2) is 0 Å². The molecular formula is C35H27NO5. The molecule has 0 radical (unpaired) electrons. The van der Waals surface area contributed by atoms with E-state index in [-0.39, 0.29) is 5.78 Å². The van der Waals surface area contributed by atoms with Crippen LogP contribution in [0.3, 0.4) is 0 Å². The van der Waals surface area contributed by atoms with Crippen LogP contribution in [0, 0.1) is 11.8 Å². The van der Waals surface area contributed by atoms with E-state index in [0.29, 0.717) is 22.6 Å². The van der Waals surface area contributed by atoms with Crippen molar-refractivity contribution in [2.24, 2.45) is 11.8 Å². The zero-order chi connectivity index (χ0) is 28.4. The van der Waals surface area contributed by atoms with Crippen molar-refractivity contribution in [1.82, 2.24) is 5.32 Å². The predicted octanol–water partition coefficient (Wildman–Crippen LogP) is 4.98. The van der Waals surface area contributed by atoms with E-state index in [0.717, 1.165) is 22.3 Å². The molecule has 3 aliphatic rings. The average molecular weight is 542 g/mol. The number of hydrogen-bond acceptors (Lipinski definition) is 5. The number of methoxy groups -OCH3 is 2. The molecular weight excluding hydrogens is 514 g/mol. The molecule has 1 saturated carbocycles. The van der Waals surface area contributed by atoms with Gasteiger partial charge in [0.05, 0.1) is 36.9 Å². The summed E-state index contributed by atoms with van der Waals surface area (Å²) in [5.41, 5.74) is 1.63. The van der Waals surface area contributed by atoms with E-state index in [2.05, 4.69) is 5.32 Å². The number of Topliss-reactive ketones (excluding diaryl/α,β-unsaturated/α-hetero) is 1. The van der Waals surface area contributed by atoms with Crippen LogP contribution in [-0.2, 0) is 25.2 Å². The highest BCUT2D eigenvalue weighted by atomic mass is 16.5. The summed E-state index contributed by atoms with van der Waals surface area (Å²) in [6.07, 6.45) is 0. The van der Waals surface area contributed by atoms with Crippen molar-refractivity contribution in [3.05, 3.63) is 131 Å². The summed E-state index contributed by atoms with van der Waals surface area (Å²) in [6.45, 7) is 0. The number of imide groups is 1. The quantitative estimate of drug-likeness (QED) is 0.349. The molecule has 1 aliphatic heterocycles. The van der Waals surface area contributed by atoms with Crippen molar-refractivity contribution in [2.45, 2.75) is 10.8 Å². The molecule has 202 valence electrons. The molecule has 4 aromatic rings. The second-order valence-corrected chi connectivity index (χ2v) is 10.7. The highest BCUT2D eigenvalue weighted by Crippen LogP contribution is 2.73. The summed E-state index contributed by atoms with van der Waals surface area (Å²) in [7, 11) is 3.21. The van der Waals surface area contributed by atoms with Crippen LogP contribution in [0.25, 0.3) is 11.1 Å². The number of carbonyl (C=O) groups is 3. The Hall–Kier alpha value is -4.97. The van der Waals surface area contributed by atoms with E-state index >= 15 is 4.79 Å². The smallest absolute Gasteiger partial charge is 0.232 e. The summed E-state index contributed by atoms with van der Waals surface area (Å²) < 4.78 is 10.9. The lowest BCUT2D eigenvalue weighted by Gasteiger charge is -2.39. The second kappa shape index (κ2) is 9.03. The fourth-order valence-corrected chi connectivity index (χ4v) is 7.57. The molecule has 7 rings (SSSR count). The number of nitrogens with one attached hydrogen (secondary N) is 1. The van der Waals surface area contributed by atoms with Gasteiger partial charge < -0.3 is 9.47 Å². The van der Waals surface area contributed by atoms with Crippen LogP contribution in [0.4, 0.5) is 0 Å². The van der Waals surface area contributed by atoms with E-state index in [1.807, 2.05) is 109 Å². The molecule has 2 amide bonds. The minimum absolute atomic E-state index is 0.155. The van der Waals surface area contributed by atoms with Gasteiger partial charge in [0.15, 0.2) is 5.78 Å². The first-order valence-corrected chi connectivity index (χ1v) is 13.5. The van der Waals surface area contributed by atoms with Gasteiger partial charge in [0, 0.05) is 0 Å². The van der Waals surface area contributed by atoms with Gasteiger partial charge in [-0.2, -0.15) is 0 Å². The van der Waals surface area contributed by atoms with Crippen LogP contribution in [0.15, 0.2) is 109 Å². The first-order chi connectivity index (χ1) is 20.0. The van der Waals surface area contributed by atoms with Crippen molar-refractivity contribution in [3.8, 4) is 11.5 Å². The molecule has 0 aromatic heterocycles. The van der Waals surface area contributed by atoms with Crippen LogP contribution < -0.4 is 14.8 Å². The first kappa shape index (κ1) is 25.0. The van der Waals surface area contributed by atoms with Gasteiger partial charge >= 0.3 is 0 Å². The van der Waals surface area contributed by atoms with Crippen molar-refractivity contribution >= 4 is 28.7 Å². The number of amides is 2. The maximum absolute atomic E-state index is 15.5. The number of hydrogen-bond donors (Lipinski definition) is 1. The minimum atomic E-state index is -1.40. The summed E-state index contributed by atoms with van der Waals surface area (Å²) >= 11 is 0. The molecule has 1 heterocycles. The van der Waals surface area contributed by atoms with E-state index in [9.17, 15) is 9.59 Å². The summed E-state index contributed by atoms with van der Waals surface area (Å²) in [4.78, 5) is 43.1. The van der Waals surface area contributed by atoms with E-state index < -0.39 is 34.5 Å². The lowest BCUT2D eigenvalue weighted by molar-refractivity contribution is -0.132. The van der Waals surface area contributed by atoms with Gasteiger partial charge in [-0.05, 0) is 57.7 Å². The predicted molar refractivity (Wildman–Crippen MR) is 154 cm³/mol. The molecule has 2 fully saturated rings. The van der Waals surface area contributed by atoms with Gasteiger partial charge in [-0.15, -0.1) is 0 Å². The fourth-order valence-electron chi connectivity index (χ4n) is 7.57. The van der Waals surface area contributed by atoms with Gasteiger partial charge in [0.2, 0.25) is 11.8 Å². The van der Waals surface area contributed by atoms with Crippen molar-refractivity contribution in [3.63, 3.8) is 0 Å². The van der Waals surface area contributed by atoms with Gasteiger partial charge in [-0.3, -0.25) is 19.7 Å². The molecule has 6 nitrogen and oxygen atoms in total. The lowest BCUT2D eigenvalue weighted by Crippen LogP contribution is -2.44.